The first kappa shape index (κ1) is 80.9. The van der Waals surface area contributed by atoms with Gasteiger partial charge in [-0.25, -0.2) is 0 Å². The van der Waals surface area contributed by atoms with E-state index < -0.39 is 26.5 Å². The highest BCUT2D eigenvalue weighted by molar-refractivity contribution is 7.45. The van der Waals surface area contributed by atoms with Crippen LogP contribution in [0.5, 0.6) is 0 Å². The van der Waals surface area contributed by atoms with Crippen LogP contribution in [0.1, 0.15) is 309 Å². The summed E-state index contributed by atoms with van der Waals surface area (Å²) in [5.41, 5.74) is 0. The van der Waals surface area contributed by atoms with Crippen LogP contribution in [0.3, 0.4) is 0 Å². The maximum absolute atomic E-state index is 12.8. The Hall–Kier alpha value is -3.07. The summed E-state index contributed by atoms with van der Waals surface area (Å²) in [6.07, 6.45) is 89.2. The zero-order chi connectivity index (χ0) is 61.2. The van der Waals surface area contributed by atoms with E-state index in [2.05, 4.69) is 111 Å². The van der Waals surface area contributed by atoms with Crippen molar-refractivity contribution < 1.29 is 42.1 Å². The molecule has 0 aromatic rings. The molecule has 0 saturated carbocycles. The van der Waals surface area contributed by atoms with Crippen molar-refractivity contribution in [3.63, 3.8) is 0 Å². The molecule has 9 nitrogen and oxygen atoms in total. The summed E-state index contributed by atoms with van der Waals surface area (Å²) in [5.74, 6) is -0.844. The van der Waals surface area contributed by atoms with Gasteiger partial charge in [-0.15, -0.1) is 0 Å². The predicted octanol–water partition coefficient (Wildman–Crippen LogP) is 22.1. The van der Waals surface area contributed by atoms with Gasteiger partial charge in [0.1, 0.15) is 19.8 Å². The van der Waals surface area contributed by atoms with Crippen LogP contribution in [0.25, 0.3) is 0 Å². The summed E-state index contributed by atoms with van der Waals surface area (Å²) in [4.78, 5) is 38.0. The monoisotopic (exact) mass is 1190 g/mol. The van der Waals surface area contributed by atoms with Crippen molar-refractivity contribution in [3.8, 4) is 0 Å². The molecule has 0 spiro atoms. The SMILES string of the molecule is CC/C=C\C/C=C\C/C=C\C/C=C\C/C=C\C/C=C\CCCCCCCCC(=O)OC(COC(=O)CCCCCCCCCCCCCCCCCCCCCCCCC/C=C\C/C=C\CCCCCCC)COP(=O)([O-])OCC[N+](C)(C)C. The standard InChI is InChI=1S/C74H132NO8P/c1-6-8-10-12-14-16-18-20-22-24-26-28-30-32-33-34-35-36-37-38-39-40-41-43-44-46-48-50-52-54-56-58-60-62-64-66-73(76)80-70-72(71-82-84(78,79)81-69-68-75(3,4)5)83-74(77)67-65-63-61-59-57-55-53-51-49-47-45-42-31-29-27-25-23-21-19-17-15-13-11-9-7-2/h9,11,15,17-18,20-21,23-24,26-27,29,42,45,49,51,72H,6-8,10,12-14,16,19,22,25,28,30-41,43-44,46-48,50,52-71H2,1-5H3/b11-9-,17-15-,20-18-,23-21-,26-24-,29-27-,45-42-,51-49-. The maximum atomic E-state index is 12.8. The molecular weight excluding hydrogens is 1060 g/mol. The number of unbranched alkanes of at least 4 members (excludes halogenated alkanes) is 34. The van der Waals surface area contributed by atoms with Gasteiger partial charge < -0.3 is 27.9 Å². The highest BCUT2D eigenvalue weighted by atomic mass is 31.2. The summed E-state index contributed by atoms with van der Waals surface area (Å²) in [6, 6.07) is 0. The zero-order valence-corrected chi connectivity index (χ0v) is 56.2. The van der Waals surface area contributed by atoms with Crippen LogP contribution in [-0.2, 0) is 32.7 Å². The second-order valence-corrected chi connectivity index (χ2v) is 25.9. The summed E-state index contributed by atoms with van der Waals surface area (Å²) in [5, 5.41) is 0. The lowest BCUT2D eigenvalue weighted by molar-refractivity contribution is -0.870. The Bertz CT molecular complexity index is 1740. The van der Waals surface area contributed by atoms with E-state index in [1.165, 1.54) is 173 Å². The number of carbonyl (C=O) groups is 2. The Morgan fingerprint density at radius 1 is 0.381 bits per heavy atom. The van der Waals surface area contributed by atoms with Crippen molar-refractivity contribution >= 4 is 19.8 Å². The molecule has 10 heteroatoms. The van der Waals surface area contributed by atoms with E-state index >= 15 is 0 Å². The third-order valence-corrected chi connectivity index (χ3v) is 16.1. The molecule has 0 aliphatic heterocycles. The van der Waals surface area contributed by atoms with Gasteiger partial charge in [0.2, 0.25) is 0 Å². The summed E-state index contributed by atoms with van der Waals surface area (Å²) < 4.78 is 34.3. The molecule has 84 heavy (non-hydrogen) atoms. The van der Waals surface area contributed by atoms with Crippen LogP contribution in [0.4, 0.5) is 0 Å². The minimum atomic E-state index is -4.65. The molecule has 0 aromatic heterocycles. The number of hydrogen-bond donors (Lipinski definition) is 0. The maximum Gasteiger partial charge on any atom is 0.306 e. The van der Waals surface area contributed by atoms with Gasteiger partial charge in [-0.2, -0.15) is 0 Å². The zero-order valence-electron chi connectivity index (χ0n) is 55.3. The van der Waals surface area contributed by atoms with Crippen LogP contribution >= 0.6 is 7.82 Å². The van der Waals surface area contributed by atoms with Crippen molar-refractivity contribution in [3.05, 3.63) is 97.2 Å². The van der Waals surface area contributed by atoms with E-state index in [0.717, 1.165) is 103 Å². The van der Waals surface area contributed by atoms with Crippen LogP contribution in [0.15, 0.2) is 97.2 Å². The highest BCUT2D eigenvalue weighted by Crippen LogP contribution is 2.38. The fourth-order valence-electron chi connectivity index (χ4n) is 9.75. The van der Waals surface area contributed by atoms with Gasteiger partial charge in [-0.1, -0.05) is 297 Å². The topological polar surface area (TPSA) is 111 Å². The molecule has 0 aliphatic rings. The number of quaternary nitrogens is 1. The van der Waals surface area contributed by atoms with E-state index in [-0.39, 0.29) is 32.0 Å². The number of hydrogen-bond acceptors (Lipinski definition) is 8. The third kappa shape index (κ3) is 68.0. The Morgan fingerprint density at radius 2 is 0.679 bits per heavy atom. The minimum Gasteiger partial charge on any atom is -0.756 e. The molecule has 0 amide bonds. The molecule has 0 aliphatic carbocycles. The van der Waals surface area contributed by atoms with Gasteiger partial charge in [0.15, 0.2) is 6.10 Å². The molecule has 0 heterocycles. The minimum absolute atomic E-state index is 0.0372. The fraction of sp³-hybridized carbons (Fsp3) is 0.757. The number of ether oxygens (including phenoxy) is 2. The van der Waals surface area contributed by atoms with Crippen molar-refractivity contribution in [2.75, 3.05) is 47.5 Å². The molecule has 0 rings (SSSR count). The van der Waals surface area contributed by atoms with E-state index in [1.807, 2.05) is 21.1 Å². The van der Waals surface area contributed by atoms with Gasteiger partial charge in [-0.05, 0) is 96.3 Å². The predicted molar refractivity (Wildman–Crippen MR) is 360 cm³/mol. The fourth-order valence-corrected chi connectivity index (χ4v) is 10.5. The summed E-state index contributed by atoms with van der Waals surface area (Å²) in [7, 11) is 1.15. The van der Waals surface area contributed by atoms with E-state index in [0.29, 0.717) is 17.4 Å². The first-order valence-corrected chi connectivity index (χ1v) is 36.4. The van der Waals surface area contributed by atoms with Crippen LogP contribution in [0, 0.1) is 0 Å². The first-order chi connectivity index (χ1) is 41.0. The molecule has 0 bridgehead atoms. The van der Waals surface area contributed by atoms with Gasteiger partial charge in [0.25, 0.3) is 7.82 Å². The first-order valence-electron chi connectivity index (χ1n) is 34.9. The van der Waals surface area contributed by atoms with Crippen LogP contribution in [-0.4, -0.2) is 70.0 Å². The summed E-state index contributed by atoms with van der Waals surface area (Å²) >= 11 is 0. The molecule has 2 unspecified atom stereocenters. The quantitative estimate of drug-likeness (QED) is 0.0195. The largest absolute Gasteiger partial charge is 0.756 e. The van der Waals surface area contributed by atoms with E-state index in [9.17, 15) is 19.0 Å². The lowest BCUT2D eigenvalue weighted by atomic mass is 10.0. The number of allylic oxidation sites excluding steroid dienone is 16. The number of likely N-dealkylation sites (N-methyl/N-ethyl adjacent to an activating group) is 1. The number of esters is 2. The number of carbonyl (C=O) groups excluding carboxylic acids is 2. The molecule has 0 radical (unpaired) electrons. The van der Waals surface area contributed by atoms with Gasteiger partial charge in [0, 0.05) is 12.8 Å². The lowest BCUT2D eigenvalue weighted by Crippen LogP contribution is -2.37. The molecule has 0 N–H and O–H groups in total. The normalized spacial score (nSPS) is 13.7. The Balaban J connectivity index is 4.03. The number of phosphoric ester groups is 1. The third-order valence-electron chi connectivity index (χ3n) is 15.1. The number of nitrogens with zero attached hydrogens (tertiary/aromatic N) is 1. The van der Waals surface area contributed by atoms with E-state index in [1.54, 1.807) is 0 Å². The van der Waals surface area contributed by atoms with Gasteiger partial charge in [-0.3, -0.25) is 14.2 Å². The number of rotatable bonds is 64. The molecule has 2 atom stereocenters. The van der Waals surface area contributed by atoms with Gasteiger partial charge in [0.05, 0.1) is 27.7 Å². The Morgan fingerprint density at radius 3 is 1.01 bits per heavy atom. The molecule has 0 aromatic carbocycles. The van der Waals surface area contributed by atoms with Crippen molar-refractivity contribution in [2.24, 2.45) is 0 Å². The second-order valence-electron chi connectivity index (χ2n) is 24.5. The lowest BCUT2D eigenvalue weighted by Gasteiger charge is -2.28. The van der Waals surface area contributed by atoms with Crippen LogP contribution < -0.4 is 4.89 Å². The van der Waals surface area contributed by atoms with Crippen molar-refractivity contribution in [1.82, 2.24) is 0 Å². The second kappa shape index (κ2) is 64.4. The highest BCUT2D eigenvalue weighted by Gasteiger charge is 2.22. The number of phosphoric acid groups is 1. The Kier molecular flexibility index (Phi) is 62.1. The smallest absolute Gasteiger partial charge is 0.306 e. The average molecular weight is 1190 g/mol. The van der Waals surface area contributed by atoms with Gasteiger partial charge >= 0.3 is 11.9 Å². The van der Waals surface area contributed by atoms with Crippen molar-refractivity contribution in [2.45, 2.75) is 315 Å². The Labute approximate surface area is 519 Å². The molecular formula is C74H132NO8P. The molecule has 0 fully saturated rings. The molecule has 486 valence electrons. The summed E-state index contributed by atoms with van der Waals surface area (Å²) in [6.45, 7) is 4.12. The van der Waals surface area contributed by atoms with Crippen LogP contribution in [0.2, 0.25) is 0 Å². The average Bonchev–Trinajstić information content (AvgIpc) is 3.60. The molecule has 0 saturated heterocycles. The van der Waals surface area contributed by atoms with Crippen molar-refractivity contribution in [1.29, 1.82) is 0 Å². The van der Waals surface area contributed by atoms with E-state index in [4.69, 9.17) is 18.5 Å².